The summed E-state index contributed by atoms with van der Waals surface area (Å²) in [5.74, 6) is -0.334. The second-order valence-corrected chi connectivity index (χ2v) is 5.48. The van der Waals surface area contributed by atoms with Crippen LogP contribution in [0.1, 0.15) is 17.4 Å². The molecule has 0 saturated heterocycles. The van der Waals surface area contributed by atoms with Gasteiger partial charge in [-0.15, -0.1) is 0 Å². The quantitative estimate of drug-likeness (QED) is 0.695. The second kappa shape index (κ2) is 5.74. The zero-order valence-corrected chi connectivity index (χ0v) is 13.1. The first-order valence-electron chi connectivity index (χ1n) is 6.75. The van der Waals surface area contributed by atoms with E-state index < -0.39 is 0 Å². The summed E-state index contributed by atoms with van der Waals surface area (Å²) >= 11 is 3.52. The first-order valence-corrected chi connectivity index (χ1v) is 7.54. The monoisotopic (exact) mass is 343 g/mol. The van der Waals surface area contributed by atoms with Crippen LogP contribution in [0.15, 0.2) is 53.0 Å². The van der Waals surface area contributed by atoms with Crippen LogP contribution < -0.4 is 0 Å². The lowest BCUT2D eigenvalue weighted by Gasteiger charge is -2.04. The number of ether oxygens (including phenoxy) is 1. The Balaban J connectivity index is 2.31. The highest BCUT2D eigenvalue weighted by atomic mass is 79.9. The third-order valence-electron chi connectivity index (χ3n) is 3.32. The Morgan fingerprint density at radius 3 is 2.62 bits per heavy atom. The maximum Gasteiger partial charge on any atom is 0.355 e. The summed E-state index contributed by atoms with van der Waals surface area (Å²) in [4.78, 5) is 15.4. The van der Waals surface area contributed by atoms with Crippen LogP contribution in [0.25, 0.3) is 22.0 Å². The van der Waals surface area contributed by atoms with E-state index in [4.69, 9.17) is 4.74 Å². The van der Waals surface area contributed by atoms with Gasteiger partial charge in [0.05, 0.1) is 12.1 Å². The minimum absolute atomic E-state index is 0.334. The maximum absolute atomic E-state index is 12.3. The number of fused-ring (bicyclic) bond motifs is 1. The molecule has 0 aliphatic carbocycles. The summed E-state index contributed by atoms with van der Waals surface area (Å²) in [6, 6.07) is 15.8. The molecule has 0 amide bonds. The van der Waals surface area contributed by atoms with Crippen LogP contribution >= 0.6 is 15.9 Å². The molecule has 21 heavy (non-hydrogen) atoms. The van der Waals surface area contributed by atoms with Gasteiger partial charge in [-0.25, -0.2) is 4.79 Å². The van der Waals surface area contributed by atoms with E-state index >= 15 is 0 Å². The smallest absolute Gasteiger partial charge is 0.355 e. The topological polar surface area (TPSA) is 42.1 Å². The average molecular weight is 344 g/mol. The molecule has 0 unspecified atom stereocenters. The number of benzene rings is 2. The summed E-state index contributed by atoms with van der Waals surface area (Å²) in [6.45, 7) is 2.16. The fourth-order valence-electron chi connectivity index (χ4n) is 2.44. The lowest BCUT2D eigenvalue weighted by atomic mass is 10.0. The molecular formula is C17H14BrNO2. The molecule has 1 heterocycles. The van der Waals surface area contributed by atoms with Crippen molar-refractivity contribution >= 4 is 32.8 Å². The van der Waals surface area contributed by atoms with Crippen molar-refractivity contribution in [2.24, 2.45) is 0 Å². The van der Waals surface area contributed by atoms with Crippen LogP contribution in [0, 0.1) is 0 Å². The summed E-state index contributed by atoms with van der Waals surface area (Å²) < 4.78 is 6.10. The fourth-order valence-corrected chi connectivity index (χ4v) is 2.91. The number of H-pyrrole nitrogens is 1. The number of hydrogen-bond donors (Lipinski definition) is 1. The third kappa shape index (κ3) is 2.47. The molecule has 2 aromatic carbocycles. The van der Waals surface area contributed by atoms with Gasteiger partial charge in [0.2, 0.25) is 0 Å². The number of aromatic amines is 1. The van der Waals surface area contributed by atoms with E-state index in [-0.39, 0.29) is 5.97 Å². The van der Waals surface area contributed by atoms with E-state index in [1.807, 2.05) is 48.5 Å². The molecule has 0 radical (unpaired) electrons. The van der Waals surface area contributed by atoms with Gasteiger partial charge in [0.1, 0.15) is 5.69 Å². The van der Waals surface area contributed by atoms with Crippen LogP contribution in [-0.4, -0.2) is 17.6 Å². The highest BCUT2D eigenvalue weighted by Crippen LogP contribution is 2.35. The van der Waals surface area contributed by atoms with Gasteiger partial charge in [0.15, 0.2) is 0 Å². The number of hydrogen-bond acceptors (Lipinski definition) is 2. The van der Waals surface area contributed by atoms with Crippen LogP contribution in [-0.2, 0) is 4.74 Å². The zero-order valence-electron chi connectivity index (χ0n) is 11.5. The molecule has 0 fully saturated rings. The fraction of sp³-hybridized carbons (Fsp3) is 0.118. The van der Waals surface area contributed by atoms with Crippen molar-refractivity contribution in [1.82, 2.24) is 4.98 Å². The predicted octanol–water partition coefficient (Wildman–Crippen LogP) is 4.77. The molecule has 0 aliphatic rings. The van der Waals surface area contributed by atoms with E-state index in [0.717, 1.165) is 26.5 Å². The Morgan fingerprint density at radius 2 is 1.90 bits per heavy atom. The molecule has 4 heteroatoms. The van der Waals surface area contributed by atoms with Crippen molar-refractivity contribution in [2.75, 3.05) is 6.61 Å². The van der Waals surface area contributed by atoms with Crippen molar-refractivity contribution in [2.45, 2.75) is 6.92 Å². The lowest BCUT2D eigenvalue weighted by molar-refractivity contribution is 0.0521. The number of rotatable bonds is 3. The molecule has 1 aromatic heterocycles. The highest BCUT2D eigenvalue weighted by molar-refractivity contribution is 9.10. The van der Waals surface area contributed by atoms with E-state index in [0.29, 0.717) is 12.3 Å². The largest absolute Gasteiger partial charge is 0.461 e. The van der Waals surface area contributed by atoms with Crippen molar-refractivity contribution in [3.05, 3.63) is 58.7 Å². The number of nitrogens with one attached hydrogen (secondary N) is 1. The SMILES string of the molecule is CCOC(=O)c1[nH]c2c(Br)cccc2c1-c1ccccc1. The number of carbonyl (C=O) groups is 1. The van der Waals surface area contributed by atoms with Gasteiger partial charge < -0.3 is 9.72 Å². The normalized spacial score (nSPS) is 10.8. The Morgan fingerprint density at radius 1 is 1.14 bits per heavy atom. The van der Waals surface area contributed by atoms with Crippen LogP contribution in [0.5, 0.6) is 0 Å². The first kappa shape index (κ1) is 13.9. The van der Waals surface area contributed by atoms with E-state index in [1.165, 1.54) is 0 Å². The Hall–Kier alpha value is -2.07. The van der Waals surface area contributed by atoms with Gasteiger partial charge >= 0.3 is 5.97 Å². The Bertz CT molecular complexity index is 793. The number of aromatic nitrogens is 1. The van der Waals surface area contributed by atoms with E-state index in [1.54, 1.807) is 6.92 Å². The molecular weight excluding hydrogens is 330 g/mol. The molecule has 0 aliphatic heterocycles. The van der Waals surface area contributed by atoms with E-state index in [2.05, 4.69) is 20.9 Å². The standard InChI is InChI=1S/C17H14BrNO2/c1-2-21-17(20)16-14(11-7-4-3-5-8-11)12-9-6-10-13(18)15(12)19-16/h3-10,19H,2H2,1H3. The number of esters is 1. The van der Waals surface area contributed by atoms with Crippen LogP contribution in [0.4, 0.5) is 0 Å². The van der Waals surface area contributed by atoms with E-state index in [9.17, 15) is 4.79 Å². The second-order valence-electron chi connectivity index (χ2n) is 4.62. The summed E-state index contributed by atoms with van der Waals surface area (Å²) in [6.07, 6.45) is 0. The molecule has 3 aromatic rings. The highest BCUT2D eigenvalue weighted by Gasteiger charge is 2.20. The molecule has 0 atom stereocenters. The maximum atomic E-state index is 12.3. The van der Waals surface area contributed by atoms with Gasteiger partial charge in [-0.1, -0.05) is 42.5 Å². The Kier molecular flexibility index (Phi) is 3.80. The minimum Gasteiger partial charge on any atom is -0.461 e. The third-order valence-corrected chi connectivity index (χ3v) is 3.99. The Labute approximate surface area is 131 Å². The van der Waals surface area contributed by atoms with Crippen molar-refractivity contribution in [3.8, 4) is 11.1 Å². The molecule has 0 saturated carbocycles. The molecule has 0 spiro atoms. The molecule has 1 N–H and O–H groups in total. The minimum atomic E-state index is -0.334. The molecule has 3 rings (SSSR count). The van der Waals surface area contributed by atoms with Gasteiger partial charge in [-0.3, -0.25) is 0 Å². The predicted molar refractivity (Wildman–Crippen MR) is 87.4 cm³/mol. The van der Waals surface area contributed by atoms with Crippen molar-refractivity contribution in [3.63, 3.8) is 0 Å². The first-order chi connectivity index (χ1) is 10.2. The van der Waals surface area contributed by atoms with Crippen molar-refractivity contribution in [1.29, 1.82) is 0 Å². The number of carbonyl (C=O) groups excluding carboxylic acids is 1. The van der Waals surface area contributed by atoms with Crippen LogP contribution in [0.3, 0.4) is 0 Å². The van der Waals surface area contributed by atoms with Gasteiger partial charge in [0.25, 0.3) is 0 Å². The zero-order chi connectivity index (χ0) is 14.8. The van der Waals surface area contributed by atoms with Gasteiger partial charge in [-0.05, 0) is 34.5 Å². The molecule has 3 nitrogen and oxygen atoms in total. The van der Waals surface area contributed by atoms with Gasteiger partial charge in [-0.2, -0.15) is 0 Å². The summed E-state index contributed by atoms with van der Waals surface area (Å²) in [5, 5.41) is 0.999. The molecule has 0 bridgehead atoms. The summed E-state index contributed by atoms with van der Waals surface area (Å²) in [7, 11) is 0. The lowest BCUT2D eigenvalue weighted by Crippen LogP contribution is -2.06. The number of halogens is 1. The van der Waals surface area contributed by atoms with Crippen molar-refractivity contribution < 1.29 is 9.53 Å². The van der Waals surface area contributed by atoms with Crippen LogP contribution in [0.2, 0.25) is 0 Å². The number of para-hydroxylation sites is 1. The average Bonchev–Trinajstić information content (AvgIpc) is 2.89. The molecule has 106 valence electrons. The summed E-state index contributed by atoms with van der Waals surface area (Å²) in [5.41, 5.74) is 3.26. The van der Waals surface area contributed by atoms with Gasteiger partial charge in [0, 0.05) is 15.4 Å².